The van der Waals surface area contributed by atoms with Gasteiger partial charge in [0.25, 0.3) is 0 Å². The summed E-state index contributed by atoms with van der Waals surface area (Å²) in [6.45, 7) is -1.06. The molecule has 1 saturated heterocycles. The van der Waals surface area contributed by atoms with Crippen molar-refractivity contribution in [3.63, 3.8) is 0 Å². The lowest BCUT2D eigenvalue weighted by Crippen LogP contribution is -2.60. The van der Waals surface area contributed by atoms with Crippen LogP contribution in [-0.4, -0.2) is 78.6 Å². The van der Waals surface area contributed by atoms with Gasteiger partial charge in [-0.3, -0.25) is 9.11 Å². The highest BCUT2D eigenvalue weighted by Crippen LogP contribution is 2.24. The maximum atomic E-state index is 10.6. The summed E-state index contributed by atoms with van der Waals surface area (Å²) in [5.74, 6) is 0. The minimum Gasteiger partial charge on any atom is -0.387 e. The van der Waals surface area contributed by atoms with Crippen LogP contribution in [0.15, 0.2) is 0 Å². The summed E-state index contributed by atoms with van der Waals surface area (Å²) < 4.78 is 71.3. The van der Waals surface area contributed by atoms with Crippen LogP contribution in [0.2, 0.25) is 0 Å². The van der Waals surface area contributed by atoms with Gasteiger partial charge in [0.2, 0.25) is 0 Å². The van der Waals surface area contributed by atoms with Crippen molar-refractivity contribution in [2.24, 2.45) is 0 Å². The number of ether oxygens (including phenoxy) is 1. The number of aliphatic hydroxyl groups excluding tert-OH is 3. The van der Waals surface area contributed by atoms with Crippen LogP contribution in [-0.2, 0) is 33.9 Å². The van der Waals surface area contributed by atoms with E-state index in [1.54, 1.807) is 0 Å². The normalized spacial score (nSPS) is 36.0. The lowest BCUT2D eigenvalue weighted by Gasteiger charge is -2.39. The molecule has 0 aromatic rings. The molecule has 1 heterocycles. The summed E-state index contributed by atoms with van der Waals surface area (Å²) in [5, 5.41) is 28.0. The van der Waals surface area contributed by atoms with E-state index in [1.165, 1.54) is 0 Å². The van der Waals surface area contributed by atoms with Crippen molar-refractivity contribution < 1.29 is 54.4 Å². The largest absolute Gasteiger partial charge is 0.397 e. The van der Waals surface area contributed by atoms with Gasteiger partial charge in [0.15, 0.2) is 6.29 Å². The Hall–Kier alpha value is -0.420. The SMILES string of the molecule is O=S(=O)(O)OC[C@H]1O[C@H](O)[C@H](O)[C@@H](O)[C@H]1OS(=O)(=O)O. The minimum atomic E-state index is -5.08. The molecule has 12 nitrogen and oxygen atoms in total. The highest BCUT2D eigenvalue weighted by molar-refractivity contribution is 7.81. The van der Waals surface area contributed by atoms with Crippen LogP contribution in [0.3, 0.4) is 0 Å². The summed E-state index contributed by atoms with van der Waals surface area (Å²) in [6, 6.07) is 0. The van der Waals surface area contributed by atoms with Crippen molar-refractivity contribution in [3.05, 3.63) is 0 Å². The van der Waals surface area contributed by atoms with E-state index in [4.69, 9.17) is 9.11 Å². The maximum Gasteiger partial charge on any atom is 0.397 e. The number of aliphatic hydroxyl groups is 3. The Balaban J connectivity index is 2.90. The lowest BCUT2D eigenvalue weighted by atomic mass is 9.99. The summed E-state index contributed by atoms with van der Waals surface area (Å²) in [6.07, 6.45) is -9.74. The molecular weight excluding hydrogens is 328 g/mol. The van der Waals surface area contributed by atoms with E-state index in [-0.39, 0.29) is 0 Å². The molecule has 1 fully saturated rings. The van der Waals surface area contributed by atoms with Crippen LogP contribution < -0.4 is 0 Å². The zero-order chi connectivity index (χ0) is 15.7. The first-order chi connectivity index (χ1) is 8.91. The first-order valence-corrected chi connectivity index (χ1v) is 7.61. The molecule has 0 amide bonds. The molecule has 0 unspecified atom stereocenters. The molecule has 1 aliphatic heterocycles. The summed E-state index contributed by atoms with van der Waals surface area (Å²) in [7, 11) is -10.00. The molecule has 20 heavy (non-hydrogen) atoms. The monoisotopic (exact) mass is 340 g/mol. The summed E-state index contributed by atoms with van der Waals surface area (Å²) in [5.41, 5.74) is 0. The molecule has 0 saturated carbocycles. The zero-order valence-corrected chi connectivity index (χ0v) is 11.1. The van der Waals surface area contributed by atoms with Crippen molar-refractivity contribution in [2.75, 3.05) is 6.61 Å². The quantitative estimate of drug-likeness (QED) is 0.309. The number of hydrogen-bond acceptors (Lipinski definition) is 10. The molecule has 0 spiro atoms. The second-order valence-electron chi connectivity index (χ2n) is 3.75. The second-order valence-corrected chi connectivity index (χ2v) is 5.89. The van der Waals surface area contributed by atoms with Gasteiger partial charge in [0, 0.05) is 0 Å². The minimum absolute atomic E-state index is 1.06. The average Bonchev–Trinajstić information content (AvgIpc) is 2.25. The highest BCUT2D eigenvalue weighted by atomic mass is 32.3. The van der Waals surface area contributed by atoms with Crippen molar-refractivity contribution in [1.29, 1.82) is 0 Å². The maximum absolute atomic E-state index is 10.6. The summed E-state index contributed by atoms with van der Waals surface area (Å²) >= 11 is 0. The third-order valence-electron chi connectivity index (χ3n) is 2.27. The molecule has 5 atom stereocenters. The second kappa shape index (κ2) is 6.14. The molecule has 0 bridgehead atoms. The van der Waals surface area contributed by atoms with Gasteiger partial charge in [0.1, 0.15) is 24.4 Å². The fraction of sp³-hybridized carbons (Fsp3) is 1.00. The molecule has 120 valence electrons. The van der Waals surface area contributed by atoms with E-state index < -0.39 is 58.1 Å². The van der Waals surface area contributed by atoms with Gasteiger partial charge in [-0.05, 0) is 0 Å². The topological polar surface area (TPSA) is 197 Å². The Kier molecular flexibility index (Phi) is 5.41. The molecule has 1 aliphatic rings. The lowest BCUT2D eigenvalue weighted by molar-refractivity contribution is -0.280. The van der Waals surface area contributed by atoms with E-state index in [0.717, 1.165) is 0 Å². The van der Waals surface area contributed by atoms with Gasteiger partial charge in [-0.15, -0.1) is 0 Å². The smallest absolute Gasteiger partial charge is 0.387 e. The van der Waals surface area contributed by atoms with E-state index in [0.29, 0.717) is 0 Å². The molecular formula is C6H12O12S2. The predicted octanol–water partition coefficient (Wildman–Crippen LogP) is -3.57. The Labute approximate surface area is 113 Å². The molecule has 1 rings (SSSR count). The number of rotatable bonds is 5. The molecule has 14 heteroatoms. The Morgan fingerprint density at radius 3 is 1.95 bits per heavy atom. The van der Waals surface area contributed by atoms with Crippen LogP contribution in [0.5, 0.6) is 0 Å². The fourth-order valence-electron chi connectivity index (χ4n) is 1.47. The van der Waals surface area contributed by atoms with Crippen LogP contribution in [0.1, 0.15) is 0 Å². The van der Waals surface area contributed by atoms with Crippen LogP contribution in [0.25, 0.3) is 0 Å². The van der Waals surface area contributed by atoms with E-state index in [9.17, 15) is 32.2 Å². The fourth-order valence-corrected chi connectivity index (χ4v) is 2.29. The molecule has 0 aromatic heterocycles. The Morgan fingerprint density at radius 1 is 0.950 bits per heavy atom. The van der Waals surface area contributed by atoms with Crippen molar-refractivity contribution in [1.82, 2.24) is 0 Å². The molecule has 0 aromatic carbocycles. The van der Waals surface area contributed by atoms with E-state index in [2.05, 4.69) is 13.1 Å². The third-order valence-corrected chi connectivity index (χ3v) is 3.17. The van der Waals surface area contributed by atoms with Crippen LogP contribution in [0, 0.1) is 0 Å². The summed E-state index contributed by atoms with van der Waals surface area (Å²) in [4.78, 5) is 0. The third kappa shape index (κ3) is 5.17. The van der Waals surface area contributed by atoms with Gasteiger partial charge in [-0.1, -0.05) is 0 Å². The first kappa shape index (κ1) is 17.6. The van der Waals surface area contributed by atoms with Gasteiger partial charge in [-0.2, -0.15) is 16.8 Å². The van der Waals surface area contributed by atoms with Crippen LogP contribution >= 0.6 is 0 Å². The van der Waals surface area contributed by atoms with Crippen LogP contribution in [0.4, 0.5) is 0 Å². The van der Waals surface area contributed by atoms with Gasteiger partial charge in [-0.25, -0.2) is 8.37 Å². The average molecular weight is 340 g/mol. The van der Waals surface area contributed by atoms with E-state index in [1.807, 2.05) is 0 Å². The van der Waals surface area contributed by atoms with E-state index >= 15 is 0 Å². The standard InChI is InChI=1S/C6H12O12S2/c7-3-4(8)6(9)17-2(1-16-19(10,11)12)5(3)18-20(13,14)15/h2-9H,1H2,(H,10,11,12)(H,13,14,15)/t2-,3-,4-,5+,6+/m1/s1. The predicted molar refractivity (Wildman–Crippen MR) is 56.8 cm³/mol. The van der Waals surface area contributed by atoms with Crippen molar-refractivity contribution in [2.45, 2.75) is 30.7 Å². The van der Waals surface area contributed by atoms with Crippen molar-refractivity contribution in [3.8, 4) is 0 Å². The molecule has 0 aliphatic carbocycles. The first-order valence-electron chi connectivity index (χ1n) is 4.88. The molecule has 0 radical (unpaired) electrons. The Morgan fingerprint density at radius 2 is 1.50 bits per heavy atom. The van der Waals surface area contributed by atoms with Gasteiger partial charge < -0.3 is 20.1 Å². The van der Waals surface area contributed by atoms with Crippen molar-refractivity contribution >= 4 is 20.8 Å². The number of hydrogen-bond donors (Lipinski definition) is 5. The van der Waals surface area contributed by atoms with Gasteiger partial charge in [0.05, 0.1) is 6.61 Å². The highest BCUT2D eigenvalue weighted by Gasteiger charge is 2.47. The molecule has 5 N–H and O–H groups in total. The van der Waals surface area contributed by atoms with Gasteiger partial charge >= 0.3 is 20.8 Å². The Bertz CT molecular complexity index is 524. The zero-order valence-electron chi connectivity index (χ0n) is 9.50.